The van der Waals surface area contributed by atoms with Crippen molar-refractivity contribution in [2.45, 2.75) is 31.6 Å². The Kier molecular flexibility index (Phi) is 5.79. The number of sulfonamides is 1. The number of carbonyl (C=O) groups excluding carboxylic acids is 1. The van der Waals surface area contributed by atoms with Crippen LogP contribution in [0, 0.1) is 0 Å². The molecule has 1 unspecified atom stereocenters. The first-order valence-corrected chi connectivity index (χ1v) is 10.4. The van der Waals surface area contributed by atoms with E-state index in [0.717, 1.165) is 0 Å². The molecule has 2 aliphatic heterocycles. The maximum absolute atomic E-state index is 12.8. The zero-order valence-electron chi connectivity index (χ0n) is 15.1. The van der Waals surface area contributed by atoms with Crippen molar-refractivity contribution in [3.05, 3.63) is 23.9 Å². The van der Waals surface area contributed by atoms with Gasteiger partial charge in [0.05, 0.1) is 25.0 Å². The highest BCUT2D eigenvalue weighted by Gasteiger charge is 2.35. The molecule has 0 radical (unpaired) electrons. The Labute approximate surface area is 154 Å². The number of pyridine rings is 1. The molecule has 2 fully saturated rings. The van der Waals surface area contributed by atoms with Crippen molar-refractivity contribution in [3.8, 4) is 5.88 Å². The highest BCUT2D eigenvalue weighted by Crippen LogP contribution is 2.24. The monoisotopic (exact) mass is 383 g/mol. The van der Waals surface area contributed by atoms with Crippen LogP contribution in [0.5, 0.6) is 5.88 Å². The molecule has 3 rings (SSSR count). The Bertz CT molecular complexity index is 747. The van der Waals surface area contributed by atoms with Crippen LogP contribution in [0.15, 0.2) is 18.3 Å². The van der Waals surface area contributed by atoms with Crippen molar-refractivity contribution in [2.75, 3.05) is 39.4 Å². The lowest BCUT2D eigenvalue weighted by Gasteiger charge is -2.27. The van der Waals surface area contributed by atoms with Crippen molar-refractivity contribution in [1.82, 2.24) is 14.2 Å². The molecule has 0 saturated carbocycles. The lowest BCUT2D eigenvalue weighted by Crippen LogP contribution is -2.41. The largest absolute Gasteiger partial charge is 0.472 e. The molecule has 8 nitrogen and oxygen atoms in total. The van der Waals surface area contributed by atoms with Crippen LogP contribution in [-0.2, 0) is 14.8 Å². The molecule has 0 spiro atoms. The number of carbonyl (C=O) groups is 1. The molecule has 0 bridgehead atoms. The van der Waals surface area contributed by atoms with Gasteiger partial charge in [0, 0.05) is 25.8 Å². The van der Waals surface area contributed by atoms with E-state index >= 15 is 0 Å². The Morgan fingerprint density at radius 1 is 1.31 bits per heavy atom. The highest BCUT2D eigenvalue weighted by atomic mass is 32.2. The molecule has 0 aliphatic carbocycles. The lowest BCUT2D eigenvalue weighted by molar-refractivity contribution is 0.0298. The van der Waals surface area contributed by atoms with E-state index in [0.29, 0.717) is 44.8 Å². The van der Waals surface area contributed by atoms with Crippen molar-refractivity contribution in [2.24, 2.45) is 0 Å². The lowest BCUT2D eigenvalue weighted by atomic mass is 10.2. The van der Waals surface area contributed by atoms with Gasteiger partial charge in [-0.2, -0.15) is 4.31 Å². The van der Waals surface area contributed by atoms with Crippen molar-refractivity contribution in [1.29, 1.82) is 0 Å². The van der Waals surface area contributed by atoms with Gasteiger partial charge in [0.1, 0.15) is 11.7 Å². The minimum Gasteiger partial charge on any atom is -0.472 e. The standard InChI is InChI=1S/C17H25N3O5S/c1-13(2)26(22,23)20-7-5-14(12-20)25-16-15(4-3-6-18-16)17(21)19-8-10-24-11-9-19/h3-4,6,13-14H,5,7-12H2,1-2H3. The topological polar surface area (TPSA) is 89.0 Å². The summed E-state index contributed by atoms with van der Waals surface area (Å²) in [5.41, 5.74) is 0.402. The second-order valence-electron chi connectivity index (χ2n) is 6.74. The molecule has 2 saturated heterocycles. The maximum atomic E-state index is 12.8. The van der Waals surface area contributed by atoms with Gasteiger partial charge in [-0.05, 0) is 32.4 Å². The molecule has 1 amide bonds. The Hall–Kier alpha value is -1.71. The summed E-state index contributed by atoms with van der Waals surface area (Å²) in [5, 5.41) is -0.463. The van der Waals surface area contributed by atoms with E-state index in [1.54, 1.807) is 37.1 Å². The number of rotatable bonds is 5. The number of ether oxygens (including phenoxy) is 2. The first-order chi connectivity index (χ1) is 12.4. The smallest absolute Gasteiger partial charge is 0.259 e. The second-order valence-corrected chi connectivity index (χ2v) is 9.23. The van der Waals surface area contributed by atoms with E-state index in [4.69, 9.17) is 9.47 Å². The second kappa shape index (κ2) is 7.89. The summed E-state index contributed by atoms with van der Waals surface area (Å²) < 4.78 is 37.3. The van der Waals surface area contributed by atoms with Gasteiger partial charge in [-0.3, -0.25) is 4.79 Å². The number of morpholine rings is 1. The maximum Gasteiger partial charge on any atom is 0.259 e. The third-order valence-electron chi connectivity index (χ3n) is 4.64. The van der Waals surface area contributed by atoms with Gasteiger partial charge in [-0.1, -0.05) is 0 Å². The zero-order chi connectivity index (χ0) is 18.7. The Morgan fingerprint density at radius 2 is 2.04 bits per heavy atom. The van der Waals surface area contributed by atoms with Gasteiger partial charge < -0.3 is 14.4 Å². The molecule has 0 N–H and O–H groups in total. The van der Waals surface area contributed by atoms with Crippen LogP contribution in [0.3, 0.4) is 0 Å². The first kappa shape index (κ1) is 19.1. The van der Waals surface area contributed by atoms with Gasteiger partial charge in [-0.25, -0.2) is 13.4 Å². The van der Waals surface area contributed by atoms with E-state index in [2.05, 4.69) is 4.98 Å². The number of aromatic nitrogens is 1. The van der Waals surface area contributed by atoms with Crippen LogP contribution < -0.4 is 4.74 Å². The third kappa shape index (κ3) is 3.99. The SMILES string of the molecule is CC(C)S(=O)(=O)N1CCC(Oc2ncccc2C(=O)N2CCOCC2)C1. The minimum atomic E-state index is -3.30. The molecule has 2 aliphatic rings. The van der Waals surface area contributed by atoms with E-state index < -0.39 is 15.3 Å². The van der Waals surface area contributed by atoms with Gasteiger partial charge >= 0.3 is 0 Å². The molecular weight excluding hydrogens is 358 g/mol. The average Bonchev–Trinajstić information content (AvgIpc) is 3.11. The van der Waals surface area contributed by atoms with Crippen molar-refractivity contribution in [3.63, 3.8) is 0 Å². The number of hydrogen-bond acceptors (Lipinski definition) is 6. The molecule has 144 valence electrons. The summed E-state index contributed by atoms with van der Waals surface area (Å²) in [6, 6.07) is 3.39. The van der Waals surface area contributed by atoms with Gasteiger partial charge in [0.2, 0.25) is 15.9 Å². The summed E-state index contributed by atoms with van der Waals surface area (Å²) >= 11 is 0. The van der Waals surface area contributed by atoms with Crippen LogP contribution in [0.1, 0.15) is 30.6 Å². The van der Waals surface area contributed by atoms with Crippen molar-refractivity contribution < 1.29 is 22.7 Å². The first-order valence-electron chi connectivity index (χ1n) is 8.87. The van der Waals surface area contributed by atoms with E-state index in [9.17, 15) is 13.2 Å². The van der Waals surface area contributed by atoms with E-state index in [1.807, 2.05) is 0 Å². The fraction of sp³-hybridized carbons (Fsp3) is 0.647. The number of nitrogens with zero attached hydrogens (tertiary/aromatic N) is 3. The summed E-state index contributed by atoms with van der Waals surface area (Å²) in [4.78, 5) is 18.7. The molecule has 0 aromatic carbocycles. The van der Waals surface area contributed by atoms with Crippen LogP contribution in [0.4, 0.5) is 0 Å². The van der Waals surface area contributed by atoms with Crippen LogP contribution in [0.25, 0.3) is 0 Å². The fourth-order valence-electron chi connectivity index (χ4n) is 3.07. The van der Waals surface area contributed by atoms with Gasteiger partial charge in [-0.15, -0.1) is 0 Å². The van der Waals surface area contributed by atoms with E-state index in [-0.39, 0.29) is 24.4 Å². The van der Waals surface area contributed by atoms with Crippen LogP contribution >= 0.6 is 0 Å². The molecule has 9 heteroatoms. The normalized spacial score (nSPS) is 22.0. The van der Waals surface area contributed by atoms with Crippen LogP contribution in [-0.4, -0.2) is 79.3 Å². The summed E-state index contributed by atoms with van der Waals surface area (Å²) in [5.74, 6) is 0.124. The minimum absolute atomic E-state index is 0.138. The van der Waals surface area contributed by atoms with Crippen LogP contribution in [0.2, 0.25) is 0 Å². The number of amides is 1. The average molecular weight is 383 g/mol. The zero-order valence-corrected chi connectivity index (χ0v) is 15.9. The van der Waals surface area contributed by atoms with E-state index in [1.165, 1.54) is 4.31 Å². The predicted molar refractivity (Wildman–Crippen MR) is 95.6 cm³/mol. The molecular formula is C17H25N3O5S. The van der Waals surface area contributed by atoms with Gasteiger partial charge in [0.15, 0.2) is 0 Å². The molecule has 3 heterocycles. The summed E-state index contributed by atoms with van der Waals surface area (Å²) in [6.07, 6.45) is 1.84. The van der Waals surface area contributed by atoms with Gasteiger partial charge in [0.25, 0.3) is 5.91 Å². The fourth-order valence-corrected chi connectivity index (χ4v) is 4.40. The Morgan fingerprint density at radius 3 is 2.73 bits per heavy atom. The highest BCUT2D eigenvalue weighted by molar-refractivity contribution is 7.89. The molecule has 26 heavy (non-hydrogen) atoms. The van der Waals surface area contributed by atoms with Crippen molar-refractivity contribution >= 4 is 15.9 Å². The Balaban J connectivity index is 1.70. The molecule has 1 aromatic rings. The summed E-state index contributed by atoms with van der Waals surface area (Å²) in [7, 11) is -3.30. The molecule has 1 atom stereocenters. The number of hydrogen-bond donors (Lipinski definition) is 0. The molecule has 1 aromatic heterocycles. The predicted octanol–water partition coefficient (Wildman–Crippen LogP) is 0.745. The quantitative estimate of drug-likeness (QED) is 0.745. The summed E-state index contributed by atoms with van der Waals surface area (Å²) in [6.45, 7) is 6.16. The third-order valence-corrected chi connectivity index (χ3v) is 6.88.